The highest BCUT2D eigenvalue weighted by atomic mass is 35.5. The van der Waals surface area contributed by atoms with Crippen LogP contribution in [0.25, 0.3) is 0 Å². The van der Waals surface area contributed by atoms with Crippen molar-refractivity contribution < 1.29 is 19.1 Å². The van der Waals surface area contributed by atoms with E-state index in [-0.39, 0.29) is 18.3 Å². The van der Waals surface area contributed by atoms with Gasteiger partial charge in [-0.3, -0.25) is 4.79 Å². The maximum absolute atomic E-state index is 12.1. The van der Waals surface area contributed by atoms with Gasteiger partial charge in [0.05, 0.1) is 17.1 Å². The molecule has 5 nitrogen and oxygen atoms in total. The average molecular weight is 346 g/mol. The summed E-state index contributed by atoms with van der Waals surface area (Å²) in [5.74, 6) is 0.499. The number of rotatable bonds is 6. The predicted molar refractivity (Wildman–Crippen MR) is 91.2 cm³/mol. The van der Waals surface area contributed by atoms with E-state index in [2.05, 4.69) is 5.32 Å². The van der Waals surface area contributed by atoms with Crippen LogP contribution in [0.4, 0.5) is 5.69 Å². The monoisotopic (exact) mass is 345 g/mol. The van der Waals surface area contributed by atoms with Crippen molar-refractivity contribution in [2.24, 2.45) is 0 Å². The van der Waals surface area contributed by atoms with Crippen LogP contribution in [0.5, 0.6) is 11.5 Å². The van der Waals surface area contributed by atoms with E-state index in [0.29, 0.717) is 29.4 Å². The standard InChI is InChI=1S/C18H16ClNO4/c19-8-17(22)15-6-14(23-10-12-4-2-1-3-5-12)7-16-18(15)24-11-13(9-21)20-16/h1-7,9,13,20H,8,10-11H2. The number of Topliss-reactive ketones (excluding diaryl/α,β-unsaturated/α-hetero) is 1. The molecule has 2 aromatic rings. The second-order valence-electron chi connectivity index (χ2n) is 5.38. The van der Waals surface area contributed by atoms with Crippen LogP contribution in [-0.2, 0) is 11.4 Å². The highest BCUT2D eigenvalue weighted by molar-refractivity contribution is 6.31. The zero-order valence-corrected chi connectivity index (χ0v) is 13.6. The second kappa shape index (κ2) is 7.36. The summed E-state index contributed by atoms with van der Waals surface area (Å²) in [5, 5.41) is 3.04. The first-order valence-electron chi connectivity index (χ1n) is 7.50. The van der Waals surface area contributed by atoms with Crippen molar-refractivity contribution in [3.63, 3.8) is 0 Å². The van der Waals surface area contributed by atoms with Gasteiger partial charge in [0, 0.05) is 6.07 Å². The number of alkyl halides is 1. The number of anilines is 1. The molecule has 0 spiro atoms. The molecular formula is C18H16ClNO4. The molecule has 0 fully saturated rings. The maximum atomic E-state index is 12.1. The Morgan fingerprint density at radius 2 is 2.12 bits per heavy atom. The average Bonchev–Trinajstić information content (AvgIpc) is 2.65. The molecule has 0 saturated carbocycles. The number of carbonyl (C=O) groups excluding carboxylic acids is 2. The summed E-state index contributed by atoms with van der Waals surface area (Å²) in [6.45, 7) is 0.537. The third-order valence-electron chi connectivity index (χ3n) is 3.64. The number of ether oxygens (including phenoxy) is 2. The lowest BCUT2D eigenvalue weighted by molar-refractivity contribution is -0.109. The number of benzene rings is 2. The van der Waals surface area contributed by atoms with Gasteiger partial charge < -0.3 is 19.6 Å². The molecule has 1 N–H and O–H groups in total. The van der Waals surface area contributed by atoms with Crippen molar-refractivity contribution in [1.82, 2.24) is 0 Å². The van der Waals surface area contributed by atoms with E-state index in [1.165, 1.54) is 0 Å². The lowest BCUT2D eigenvalue weighted by Gasteiger charge is -2.26. The molecule has 1 heterocycles. The van der Waals surface area contributed by atoms with E-state index in [1.807, 2.05) is 30.3 Å². The molecule has 0 aliphatic carbocycles. The number of aldehydes is 1. The molecule has 1 aliphatic heterocycles. The highest BCUT2D eigenvalue weighted by Crippen LogP contribution is 2.37. The van der Waals surface area contributed by atoms with E-state index >= 15 is 0 Å². The number of nitrogens with one attached hydrogen (secondary N) is 1. The zero-order valence-electron chi connectivity index (χ0n) is 12.8. The minimum atomic E-state index is -0.458. The van der Waals surface area contributed by atoms with Gasteiger partial charge in [-0.2, -0.15) is 0 Å². The van der Waals surface area contributed by atoms with Crippen LogP contribution < -0.4 is 14.8 Å². The van der Waals surface area contributed by atoms with Crippen LogP contribution in [0.3, 0.4) is 0 Å². The van der Waals surface area contributed by atoms with Crippen LogP contribution in [0.1, 0.15) is 15.9 Å². The molecule has 124 valence electrons. The van der Waals surface area contributed by atoms with Crippen LogP contribution in [0.15, 0.2) is 42.5 Å². The summed E-state index contributed by atoms with van der Waals surface area (Å²) in [7, 11) is 0. The highest BCUT2D eigenvalue weighted by Gasteiger charge is 2.25. The SMILES string of the molecule is O=CC1COc2c(cc(OCc3ccccc3)cc2C(=O)CCl)N1. The van der Waals surface area contributed by atoms with Crippen LogP contribution in [-0.4, -0.2) is 30.6 Å². The number of hydrogen-bond donors (Lipinski definition) is 1. The van der Waals surface area contributed by atoms with Gasteiger partial charge >= 0.3 is 0 Å². The summed E-state index contributed by atoms with van der Waals surface area (Å²) in [4.78, 5) is 23.1. The minimum absolute atomic E-state index is 0.158. The third kappa shape index (κ3) is 3.51. The molecular weight excluding hydrogens is 330 g/mol. The summed E-state index contributed by atoms with van der Waals surface area (Å²) in [6, 6.07) is 12.6. The largest absolute Gasteiger partial charge is 0.489 e. The van der Waals surface area contributed by atoms with E-state index in [1.54, 1.807) is 12.1 Å². The third-order valence-corrected chi connectivity index (χ3v) is 3.89. The quantitative estimate of drug-likeness (QED) is 0.495. The first kappa shape index (κ1) is 16.3. The fourth-order valence-electron chi connectivity index (χ4n) is 2.46. The van der Waals surface area contributed by atoms with E-state index in [9.17, 15) is 9.59 Å². The number of hydrogen-bond acceptors (Lipinski definition) is 5. The van der Waals surface area contributed by atoms with Gasteiger partial charge in [0.1, 0.15) is 31.3 Å². The lowest BCUT2D eigenvalue weighted by Crippen LogP contribution is -2.33. The molecule has 2 aromatic carbocycles. The number of fused-ring (bicyclic) bond motifs is 1. The summed E-state index contributed by atoms with van der Waals surface area (Å²) >= 11 is 5.69. The number of carbonyl (C=O) groups is 2. The molecule has 0 aromatic heterocycles. The van der Waals surface area contributed by atoms with Crippen molar-refractivity contribution in [1.29, 1.82) is 0 Å². The Labute approximate surface area is 144 Å². The van der Waals surface area contributed by atoms with Gasteiger partial charge in [-0.05, 0) is 11.6 Å². The Morgan fingerprint density at radius 1 is 1.33 bits per heavy atom. The molecule has 3 rings (SSSR count). The fraction of sp³-hybridized carbons (Fsp3) is 0.222. The second-order valence-corrected chi connectivity index (χ2v) is 5.64. The molecule has 24 heavy (non-hydrogen) atoms. The Hall–Kier alpha value is -2.53. The van der Waals surface area contributed by atoms with Crippen LogP contribution in [0, 0.1) is 0 Å². The minimum Gasteiger partial charge on any atom is -0.489 e. The van der Waals surface area contributed by atoms with Crippen molar-refractivity contribution >= 4 is 29.4 Å². The molecule has 0 bridgehead atoms. The van der Waals surface area contributed by atoms with Gasteiger partial charge in [0.15, 0.2) is 11.5 Å². The summed E-state index contributed by atoms with van der Waals surface area (Å²) < 4.78 is 11.4. The molecule has 0 saturated heterocycles. The Morgan fingerprint density at radius 3 is 2.83 bits per heavy atom. The Balaban J connectivity index is 1.89. The summed E-state index contributed by atoms with van der Waals surface area (Å²) in [5.41, 5.74) is 1.91. The Kier molecular flexibility index (Phi) is 5.01. The molecule has 0 amide bonds. The van der Waals surface area contributed by atoms with Gasteiger partial charge in [0.2, 0.25) is 0 Å². The van der Waals surface area contributed by atoms with Gasteiger partial charge in [-0.15, -0.1) is 11.6 Å². The van der Waals surface area contributed by atoms with Crippen molar-refractivity contribution in [2.45, 2.75) is 12.6 Å². The van der Waals surface area contributed by atoms with Gasteiger partial charge in [-0.25, -0.2) is 0 Å². The van der Waals surface area contributed by atoms with Crippen molar-refractivity contribution in [3.05, 3.63) is 53.6 Å². The number of ketones is 1. The first-order chi connectivity index (χ1) is 11.7. The Bertz CT molecular complexity index is 748. The fourth-order valence-corrected chi connectivity index (χ4v) is 2.60. The van der Waals surface area contributed by atoms with Crippen LogP contribution in [0.2, 0.25) is 0 Å². The first-order valence-corrected chi connectivity index (χ1v) is 8.03. The molecule has 1 atom stereocenters. The predicted octanol–water partition coefficient (Wildman–Crippen LogP) is 3.06. The lowest BCUT2D eigenvalue weighted by atomic mass is 10.1. The van der Waals surface area contributed by atoms with Crippen LogP contribution >= 0.6 is 11.6 Å². The molecule has 0 radical (unpaired) electrons. The molecule has 6 heteroatoms. The zero-order chi connectivity index (χ0) is 16.9. The van der Waals surface area contributed by atoms with E-state index in [0.717, 1.165) is 11.8 Å². The van der Waals surface area contributed by atoms with Crippen molar-refractivity contribution in [2.75, 3.05) is 17.8 Å². The smallest absolute Gasteiger partial charge is 0.181 e. The maximum Gasteiger partial charge on any atom is 0.181 e. The van der Waals surface area contributed by atoms with Crippen molar-refractivity contribution in [3.8, 4) is 11.5 Å². The van der Waals surface area contributed by atoms with Gasteiger partial charge in [-0.1, -0.05) is 30.3 Å². The topological polar surface area (TPSA) is 64.6 Å². The molecule has 1 aliphatic rings. The van der Waals surface area contributed by atoms with E-state index < -0.39 is 6.04 Å². The normalized spacial score (nSPS) is 15.6. The van der Waals surface area contributed by atoms with E-state index in [4.69, 9.17) is 21.1 Å². The molecule has 1 unspecified atom stereocenters. The number of halogens is 1. The summed E-state index contributed by atoms with van der Waals surface area (Å²) in [6.07, 6.45) is 0.767. The van der Waals surface area contributed by atoms with Gasteiger partial charge in [0.25, 0.3) is 0 Å².